The standard InChI is InChI=1S/C16H27NO2S/c1-4-17-14(2)15-6-8-16(9-7-15)20-13-5-10-19-12-11-18-3/h6-9,14,17H,4-5,10-13H2,1-3H3. The van der Waals surface area contributed by atoms with Crippen LogP contribution in [0, 0.1) is 0 Å². The van der Waals surface area contributed by atoms with Gasteiger partial charge in [-0.2, -0.15) is 0 Å². The molecule has 0 aromatic heterocycles. The van der Waals surface area contributed by atoms with Gasteiger partial charge in [0.15, 0.2) is 0 Å². The van der Waals surface area contributed by atoms with Crippen molar-refractivity contribution in [1.29, 1.82) is 0 Å². The lowest BCUT2D eigenvalue weighted by Crippen LogP contribution is -2.17. The monoisotopic (exact) mass is 297 g/mol. The summed E-state index contributed by atoms with van der Waals surface area (Å²) in [6, 6.07) is 9.27. The van der Waals surface area contributed by atoms with E-state index in [9.17, 15) is 0 Å². The van der Waals surface area contributed by atoms with E-state index in [0.29, 0.717) is 19.3 Å². The number of rotatable bonds is 11. The second-order valence-electron chi connectivity index (χ2n) is 4.66. The minimum Gasteiger partial charge on any atom is -0.382 e. The molecule has 1 aromatic carbocycles. The van der Waals surface area contributed by atoms with Gasteiger partial charge in [0.2, 0.25) is 0 Å². The molecule has 20 heavy (non-hydrogen) atoms. The fourth-order valence-corrected chi connectivity index (χ4v) is 2.70. The molecule has 114 valence electrons. The van der Waals surface area contributed by atoms with Gasteiger partial charge in [-0.15, -0.1) is 11.8 Å². The van der Waals surface area contributed by atoms with Crippen molar-refractivity contribution in [2.75, 3.05) is 39.2 Å². The Hall–Kier alpha value is -0.550. The molecule has 0 spiro atoms. The van der Waals surface area contributed by atoms with Crippen LogP contribution in [0.15, 0.2) is 29.2 Å². The van der Waals surface area contributed by atoms with E-state index < -0.39 is 0 Å². The number of ether oxygens (including phenoxy) is 2. The van der Waals surface area contributed by atoms with Gasteiger partial charge in [0.1, 0.15) is 0 Å². The third-order valence-electron chi connectivity index (χ3n) is 3.02. The lowest BCUT2D eigenvalue weighted by Gasteiger charge is -2.13. The van der Waals surface area contributed by atoms with Crippen molar-refractivity contribution in [3.63, 3.8) is 0 Å². The Morgan fingerprint density at radius 3 is 2.55 bits per heavy atom. The SMILES string of the molecule is CCNC(C)c1ccc(SCCCOCCOC)cc1. The molecule has 0 amide bonds. The average Bonchev–Trinajstić information content (AvgIpc) is 2.47. The molecule has 0 radical (unpaired) electrons. The maximum atomic E-state index is 5.44. The highest BCUT2D eigenvalue weighted by atomic mass is 32.2. The molecule has 1 N–H and O–H groups in total. The molecular weight excluding hydrogens is 270 g/mol. The van der Waals surface area contributed by atoms with Crippen LogP contribution in [0.2, 0.25) is 0 Å². The summed E-state index contributed by atoms with van der Waals surface area (Å²) in [7, 11) is 1.69. The van der Waals surface area contributed by atoms with E-state index in [4.69, 9.17) is 9.47 Å². The minimum absolute atomic E-state index is 0.424. The van der Waals surface area contributed by atoms with Crippen LogP contribution in [0.3, 0.4) is 0 Å². The van der Waals surface area contributed by atoms with Gasteiger partial charge >= 0.3 is 0 Å². The highest BCUT2D eigenvalue weighted by Gasteiger charge is 2.03. The number of hydrogen-bond acceptors (Lipinski definition) is 4. The minimum atomic E-state index is 0.424. The summed E-state index contributed by atoms with van der Waals surface area (Å²) in [5.41, 5.74) is 1.35. The summed E-state index contributed by atoms with van der Waals surface area (Å²) in [5, 5.41) is 3.42. The third kappa shape index (κ3) is 7.29. The zero-order valence-electron chi connectivity index (χ0n) is 12.9. The van der Waals surface area contributed by atoms with E-state index in [0.717, 1.165) is 25.3 Å². The van der Waals surface area contributed by atoms with Crippen molar-refractivity contribution in [2.45, 2.75) is 31.2 Å². The Kier molecular flexibility index (Phi) is 9.75. The third-order valence-corrected chi connectivity index (χ3v) is 4.12. The first kappa shape index (κ1) is 17.5. The summed E-state index contributed by atoms with van der Waals surface area (Å²) in [4.78, 5) is 1.33. The first-order valence-electron chi connectivity index (χ1n) is 7.30. The number of hydrogen-bond donors (Lipinski definition) is 1. The van der Waals surface area contributed by atoms with Crippen molar-refractivity contribution in [2.24, 2.45) is 0 Å². The number of methoxy groups -OCH3 is 1. The first-order chi connectivity index (χ1) is 9.77. The van der Waals surface area contributed by atoms with E-state index in [-0.39, 0.29) is 0 Å². The van der Waals surface area contributed by atoms with E-state index >= 15 is 0 Å². The first-order valence-corrected chi connectivity index (χ1v) is 8.29. The molecule has 1 unspecified atom stereocenters. The maximum absolute atomic E-state index is 5.44. The molecule has 0 saturated heterocycles. The molecule has 4 heteroatoms. The lowest BCUT2D eigenvalue weighted by atomic mass is 10.1. The fourth-order valence-electron chi connectivity index (χ4n) is 1.87. The average molecular weight is 297 g/mol. The van der Waals surface area contributed by atoms with Crippen molar-refractivity contribution in [3.8, 4) is 0 Å². The Balaban J connectivity index is 2.18. The summed E-state index contributed by atoms with van der Waals surface area (Å²) in [6.07, 6.45) is 1.07. The molecule has 0 aliphatic heterocycles. The molecular formula is C16H27NO2S. The molecule has 0 heterocycles. The fraction of sp³-hybridized carbons (Fsp3) is 0.625. The van der Waals surface area contributed by atoms with Gasteiger partial charge in [-0.05, 0) is 37.6 Å². The maximum Gasteiger partial charge on any atom is 0.0700 e. The summed E-state index contributed by atoms with van der Waals surface area (Å²) in [6.45, 7) is 7.52. The predicted octanol–water partition coefficient (Wildman–Crippen LogP) is 3.50. The van der Waals surface area contributed by atoms with Crippen LogP contribution in [0.1, 0.15) is 31.9 Å². The topological polar surface area (TPSA) is 30.5 Å². The highest BCUT2D eigenvalue weighted by molar-refractivity contribution is 7.99. The van der Waals surface area contributed by atoms with E-state index in [2.05, 4.69) is 43.4 Å². The summed E-state index contributed by atoms with van der Waals surface area (Å²) in [5.74, 6) is 1.09. The van der Waals surface area contributed by atoms with Crippen LogP contribution in [0.4, 0.5) is 0 Å². The van der Waals surface area contributed by atoms with Crippen LogP contribution in [0.25, 0.3) is 0 Å². The molecule has 0 bridgehead atoms. The Morgan fingerprint density at radius 1 is 1.15 bits per heavy atom. The van der Waals surface area contributed by atoms with Gasteiger partial charge in [-0.3, -0.25) is 0 Å². The Labute approximate surface area is 127 Å². The predicted molar refractivity (Wildman–Crippen MR) is 86.6 cm³/mol. The van der Waals surface area contributed by atoms with E-state index in [1.807, 2.05) is 11.8 Å². The van der Waals surface area contributed by atoms with Crippen molar-refractivity contribution in [3.05, 3.63) is 29.8 Å². The second-order valence-corrected chi connectivity index (χ2v) is 5.82. The van der Waals surface area contributed by atoms with Crippen LogP contribution < -0.4 is 5.32 Å². The van der Waals surface area contributed by atoms with Crippen molar-refractivity contribution >= 4 is 11.8 Å². The van der Waals surface area contributed by atoms with Crippen LogP contribution in [-0.2, 0) is 9.47 Å². The molecule has 0 saturated carbocycles. The van der Waals surface area contributed by atoms with Gasteiger partial charge in [0, 0.05) is 30.4 Å². The normalized spacial score (nSPS) is 12.6. The Morgan fingerprint density at radius 2 is 1.90 bits per heavy atom. The molecule has 1 rings (SSSR count). The van der Waals surface area contributed by atoms with Crippen LogP contribution in [0.5, 0.6) is 0 Å². The van der Waals surface area contributed by atoms with Gasteiger partial charge < -0.3 is 14.8 Å². The van der Waals surface area contributed by atoms with E-state index in [1.54, 1.807) is 7.11 Å². The van der Waals surface area contributed by atoms with Gasteiger partial charge in [-0.25, -0.2) is 0 Å². The van der Waals surface area contributed by atoms with Gasteiger partial charge in [0.25, 0.3) is 0 Å². The molecule has 1 atom stereocenters. The zero-order valence-corrected chi connectivity index (χ0v) is 13.7. The smallest absolute Gasteiger partial charge is 0.0700 e. The van der Waals surface area contributed by atoms with Crippen LogP contribution in [-0.4, -0.2) is 39.2 Å². The molecule has 0 fully saturated rings. The summed E-state index contributed by atoms with van der Waals surface area (Å²) < 4.78 is 10.4. The largest absolute Gasteiger partial charge is 0.382 e. The molecule has 3 nitrogen and oxygen atoms in total. The highest BCUT2D eigenvalue weighted by Crippen LogP contribution is 2.21. The van der Waals surface area contributed by atoms with Gasteiger partial charge in [-0.1, -0.05) is 19.1 Å². The number of benzene rings is 1. The number of thioether (sulfide) groups is 1. The number of nitrogens with one attached hydrogen (secondary N) is 1. The quantitative estimate of drug-likeness (QED) is 0.500. The molecule has 0 aliphatic rings. The lowest BCUT2D eigenvalue weighted by molar-refractivity contribution is 0.0713. The summed E-state index contributed by atoms with van der Waals surface area (Å²) >= 11 is 1.89. The van der Waals surface area contributed by atoms with Crippen LogP contribution >= 0.6 is 11.8 Å². The van der Waals surface area contributed by atoms with Crippen molar-refractivity contribution in [1.82, 2.24) is 5.32 Å². The van der Waals surface area contributed by atoms with E-state index in [1.165, 1.54) is 10.5 Å². The van der Waals surface area contributed by atoms with Crippen molar-refractivity contribution < 1.29 is 9.47 Å². The Bertz CT molecular complexity index is 343. The second kappa shape index (κ2) is 11.1. The van der Waals surface area contributed by atoms with Gasteiger partial charge in [0.05, 0.1) is 13.2 Å². The molecule has 1 aromatic rings. The molecule has 0 aliphatic carbocycles. The zero-order chi connectivity index (χ0) is 14.6.